The summed E-state index contributed by atoms with van der Waals surface area (Å²) in [6.45, 7) is 0. The van der Waals surface area contributed by atoms with Crippen molar-refractivity contribution in [3.05, 3.63) is 48.5 Å². The molecule has 0 saturated heterocycles. The van der Waals surface area contributed by atoms with Crippen LogP contribution in [-0.4, -0.2) is 26.7 Å². The first-order valence-corrected chi connectivity index (χ1v) is 6.82. The molecule has 0 aliphatic carbocycles. The maximum atomic E-state index is 5.73. The number of ether oxygens (including phenoxy) is 1. The number of nitrogens with zero attached hydrogens (tertiary/aromatic N) is 4. The van der Waals surface area contributed by atoms with Gasteiger partial charge in [-0.15, -0.1) is 5.10 Å². The maximum Gasteiger partial charge on any atom is 0.240 e. The number of pyridine rings is 2. The smallest absolute Gasteiger partial charge is 0.240 e. The number of benzene rings is 1. The van der Waals surface area contributed by atoms with Gasteiger partial charge in [-0.25, -0.2) is 9.50 Å². The highest BCUT2D eigenvalue weighted by atomic mass is 16.5. The molecule has 0 radical (unpaired) electrons. The first-order chi connectivity index (χ1) is 10.8. The van der Waals surface area contributed by atoms with E-state index in [1.165, 1.54) is 0 Å². The number of nitrogens with two attached hydrogens (primary N) is 1. The molecule has 0 bridgehead atoms. The Balaban J connectivity index is 1.99. The Morgan fingerprint density at radius 1 is 1.00 bits per heavy atom. The number of nitrogen functional groups attached to an aromatic ring is 1. The van der Waals surface area contributed by atoms with Gasteiger partial charge in [0.05, 0.1) is 24.0 Å². The van der Waals surface area contributed by atoms with Gasteiger partial charge in [0.2, 0.25) is 5.95 Å². The third-order valence-corrected chi connectivity index (χ3v) is 3.55. The normalized spacial score (nSPS) is 11.1. The zero-order valence-electron chi connectivity index (χ0n) is 11.9. The van der Waals surface area contributed by atoms with Gasteiger partial charge < -0.3 is 10.5 Å². The highest BCUT2D eigenvalue weighted by molar-refractivity contribution is 5.81. The van der Waals surface area contributed by atoms with E-state index in [0.29, 0.717) is 11.4 Å². The molecule has 0 fully saturated rings. The van der Waals surface area contributed by atoms with Gasteiger partial charge >= 0.3 is 0 Å². The Morgan fingerprint density at radius 3 is 2.73 bits per heavy atom. The number of fused-ring (bicyclic) bond motifs is 2. The van der Waals surface area contributed by atoms with Gasteiger partial charge in [0.25, 0.3) is 0 Å². The SMILES string of the molecule is COc1ccc(-c2ccc3ccccc3n2)n2nc(N)nc12. The summed E-state index contributed by atoms with van der Waals surface area (Å²) in [5.41, 5.74) is 8.85. The van der Waals surface area contributed by atoms with Crippen molar-refractivity contribution in [2.45, 2.75) is 0 Å². The van der Waals surface area contributed by atoms with Gasteiger partial charge in [0.15, 0.2) is 11.4 Å². The molecule has 108 valence electrons. The van der Waals surface area contributed by atoms with Crippen molar-refractivity contribution < 1.29 is 4.74 Å². The zero-order valence-corrected chi connectivity index (χ0v) is 11.9. The van der Waals surface area contributed by atoms with Crippen LogP contribution in [0.15, 0.2) is 48.5 Å². The molecule has 0 spiro atoms. The Bertz CT molecular complexity index is 992. The summed E-state index contributed by atoms with van der Waals surface area (Å²) in [5, 5.41) is 5.33. The second-order valence-corrected chi connectivity index (χ2v) is 4.88. The van der Waals surface area contributed by atoms with Crippen molar-refractivity contribution in [1.29, 1.82) is 0 Å². The lowest BCUT2D eigenvalue weighted by atomic mass is 10.1. The van der Waals surface area contributed by atoms with Crippen LogP contribution in [0.5, 0.6) is 5.75 Å². The monoisotopic (exact) mass is 291 g/mol. The number of aromatic nitrogens is 4. The van der Waals surface area contributed by atoms with Crippen molar-refractivity contribution in [3.63, 3.8) is 0 Å². The average Bonchev–Trinajstić information content (AvgIpc) is 2.94. The lowest BCUT2D eigenvalue weighted by Crippen LogP contribution is -1.98. The van der Waals surface area contributed by atoms with E-state index in [4.69, 9.17) is 15.5 Å². The number of hydrogen-bond donors (Lipinski definition) is 1. The minimum absolute atomic E-state index is 0.200. The Labute approximate surface area is 126 Å². The van der Waals surface area contributed by atoms with E-state index in [9.17, 15) is 0 Å². The van der Waals surface area contributed by atoms with Crippen molar-refractivity contribution >= 4 is 22.5 Å². The predicted molar refractivity (Wildman–Crippen MR) is 84.7 cm³/mol. The Hall–Kier alpha value is -3.15. The molecule has 0 amide bonds. The zero-order chi connectivity index (χ0) is 15.1. The third-order valence-electron chi connectivity index (χ3n) is 3.55. The molecule has 0 saturated carbocycles. The summed E-state index contributed by atoms with van der Waals surface area (Å²) in [7, 11) is 1.59. The van der Waals surface area contributed by atoms with E-state index in [1.807, 2.05) is 48.5 Å². The number of anilines is 1. The standard InChI is InChI=1S/C16H13N5O/c1-22-14-9-8-13(21-15(14)19-16(17)20-21)12-7-6-10-4-2-3-5-11(10)18-12/h2-9H,1H3,(H2,17,20). The Kier molecular flexibility index (Phi) is 2.69. The van der Waals surface area contributed by atoms with Crippen LogP contribution < -0.4 is 10.5 Å². The molecule has 22 heavy (non-hydrogen) atoms. The second kappa shape index (κ2) is 4.70. The summed E-state index contributed by atoms with van der Waals surface area (Å²) < 4.78 is 6.96. The first-order valence-electron chi connectivity index (χ1n) is 6.82. The van der Waals surface area contributed by atoms with Gasteiger partial charge in [0.1, 0.15) is 0 Å². The van der Waals surface area contributed by atoms with Crippen LogP contribution >= 0.6 is 0 Å². The lowest BCUT2D eigenvalue weighted by molar-refractivity contribution is 0.416. The first kappa shape index (κ1) is 12.6. The van der Waals surface area contributed by atoms with E-state index < -0.39 is 0 Å². The number of rotatable bonds is 2. The van der Waals surface area contributed by atoms with Crippen molar-refractivity contribution in [1.82, 2.24) is 19.6 Å². The van der Waals surface area contributed by atoms with E-state index in [0.717, 1.165) is 22.3 Å². The minimum atomic E-state index is 0.200. The lowest BCUT2D eigenvalue weighted by Gasteiger charge is -2.07. The van der Waals surface area contributed by atoms with Crippen LogP contribution in [0.1, 0.15) is 0 Å². The molecule has 3 heterocycles. The van der Waals surface area contributed by atoms with Gasteiger partial charge in [0, 0.05) is 5.39 Å². The number of methoxy groups -OCH3 is 1. The van der Waals surface area contributed by atoms with Crippen molar-refractivity contribution in [2.24, 2.45) is 0 Å². The third kappa shape index (κ3) is 1.85. The van der Waals surface area contributed by atoms with E-state index >= 15 is 0 Å². The molecule has 4 aromatic rings. The maximum absolute atomic E-state index is 5.73. The molecule has 6 heteroatoms. The molecule has 0 aliphatic rings. The molecule has 4 rings (SSSR count). The molecular weight excluding hydrogens is 278 g/mol. The van der Waals surface area contributed by atoms with E-state index in [2.05, 4.69) is 10.1 Å². The largest absolute Gasteiger partial charge is 0.493 e. The van der Waals surface area contributed by atoms with Gasteiger partial charge in [-0.05, 0) is 24.3 Å². The van der Waals surface area contributed by atoms with Crippen LogP contribution in [0.3, 0.4) is 0 Å². The molecule has 1 aromatic carbocycles. The number of para-hydroxylation sites is 1. The molecular formula is C16H13N5O. The van der Waals surface area contributed by atoms with E-state index in [1.54, 1.807) is 11.6 Å². The quantitative estimate of drug-likeness (QED) is 0.614. The van der Waals surface area contributed by atoms with Crippen LogP contribution in [0.4, 0.5) is 5.95 Å². The van der Waals surface area contributed by atoms with Crippen LogP contribution in [0, 0.1) is 0 Å². The Morgan fingerprint density at radius 2 is 1.86 bits per heavy atom. The van der Waals surface area contributed by atoms with Crippen molar-refractivity contribution in [3.8, 4) is 17.1 Å². The summed E-state index contributed by atoms with van der Waals surface area (Å²) in [6.07, 6.45) is 0. The summed E-state index contributed by atoms with van der Waals surface area (Å²) >= 11 is 0. The summed E-state index contributed by atoms with van der Waals surface area (Å²) in [4.78, 5) is 8.90. The minimum Gasteiger partial charge on any atom is -0.493 e. The molecule has 0 atom stereocenters. The number of hydrogen-bond acceptors (Lipinski definition) is 5. The van der Waals surface area contributed by atoms with Crippen LogP contribution in [0.2, 0.25) is 0 Å². The fraction of sp³-hybridized carbons (Fsp3) is 0.0625. The molecule has 0 aliphatic heterocycles. The fourth-order valence-corrected chi connectivity index (χ4v) is 2.52. The van der Waals surface area contributed by atoms with Gasteiger partial charge in [-0.2, -0.15) is 4.98 Å². The van der Waals surface area contributed by atoms with Gasteiger partial charge in [-0.1, -0.05) is 24.3 Å². The average molecular weight is 291 g/mol. The molecule has 3 aromatic heterocycles. The topological polar surface area (TPSA) is 78.3 Å². The second-order valence-electron chi connectivity index (χ2n) is 4.88. The molecule has 0 unspecified atom stereocenters. The van der Waals surface area contributed by atoms with Crippen LogP contribution in [0.25, 0.3) is 27.9 Å². The van der Waals surface area contributed by atoms with E-state index in [-0.39, 0.29) is 5.95 Å². The fourth-order valence-electron chi connectivity index (χ4n) is 2.52. The summed E-state index contributed by atoms with van der Waals surface area (Å²) in [6, 6.07) is 15.7. The summed E-state index contributed by atoms with van der Waals surface area (Å²) in [5.74, 6) is 0.820. The highest BCUT2D eigenvalue weighted by Gasteiger charge is 2.13. The molecule has 2 N–H and O–H groups in total. The predicted octanol–water partition coefficient (Wildman–Crippen LogP) is 2.54. The molecule has 6 nitrogen and oxygen atoms in total. The van der Waals surface area contributed by atoms with Crippen LogP contribution in [-0.2, 0) is 0 Å². The van der Waals surface area contributed by atoms with Gasteiger partial charge in [-0.3, -0.25) is 0 Å². The highest BCUT2D eigenvalue weighted by Crippen LogP contribution is 2.26. The van der Waals surface area contributed by atoms with Crippen molar-refractivity contribution in [2.75, 3.05) is 12.8 Å².